The zero-order chi connectivity index (χ0) is 30.2. The fourth-order valence-electron chi connectivity index (χ4n) is 4.67. The van der Waals surface area contributed by atoms with Crippen LogP contribution in [0, 0.1) is 31.5 Å². The zero-order valence-corrected chi connectivity index (χ0v) is 25.8. The quantitative estimate of drug-likeness (QED) is 0.508. The van der Waals surface area contributed by atoms with Crippen LogP contribution in [0.3, 0.4) is 0 Å². The Bertz CT molecular complexity index is 1190. The Morgan fingerprint density at radius 1 is 1.00 bits per heavy atom. The number of nitrogens with zero attached hydrogens (tertiary/aromatic N) is 3. The summed E-state index contributed by atoms with van der Waals surface area (Å²) in [5, 5.41) is 8.78. The van der Waals surface area contributed by atoms with Gasteiger partial charge in [-0.2, -0.15) is 0 Å². The van der Waals surface area contributed by atoms with Crippen LogP contribution in [0.5, 0.6) is 0 Å². The van der Waals surface area contributed by atoms with Crippen molar-refractivity contribution in [2.45, 2.75) is 87.4 Å². The van der Waals surface area contributed by atoms with Gasteiger partial charge in [-0.1, -0.05) is 41.5 Å². The lowest BCUT2D eigenvalue weighted by Crippen LogP contribution is -2.50. The van der Waals surface area contributed by atoms with Crippen molar-refractivity contribution in [1.29, 1.82) is 0 Å². The van der Waals surface area contributed by atoms with Crippen molar-refractivity contribution in [2.24, 2.45) is 18.9 Å². The maximum absolute atomic E-state index is 14.9. The summed E-state index contributed by atoms with van der Waals surface area (Å²) in [6.07, 6.45) is 0. The number of nitrogens with one attached hydrogen (secondary N) is 3. The molecule has 2 aromatic rings. The Kier molecular flexibility index (Phi) is 13.2. The number of likely N-dealkylation sites (N-methyl/N-ethyl adjacent to an activating group) is 1. The predicted octanol–water partition coefficient (Wildman–Crippen LogP) is 3.43. The molecule has 2 amide bonds. The minimum Gasteiger partial charge on any atom is -0.353 e. The van der Waals surface area contributed by atoms with Crippen LogP contribution >= 0.6 is 0 Å². The van der Waals surface area contributed by atoms with Gasteiger partial charge < -0.3 is 20.1 Å². The molecule has 2 fully saturated rings. The average Bonchev–Trinajstić information content (AvgIpc) is 3.38. The summed E-state index contributed by atoms with van der Waals surface area (Å²) in [5.74, 6) is -0.434. The molecule has 2 aliphatic rings. The van der Waals surface area contributed by atoms with Crippen molar-refractivity contribution in [3.8, 4) is 0 Å². The molecule has 1 saturated carbocycles. The lowest BCUT2D eigenvalue weighted by atomic mass is 10.1. The lowest BCUT2D eigenvalue weighted by Gasteiger charge is -2.24. The maximum Gasteiger partial charge on any atom is 0.243 e. The largest absolute Gasteiger partial charge is 0.353 e. The Labute approximate surface area is 232 Å². The van der Waals surface area contributed by atoms with Crippen LogP contribution < -0.4 is 26.3 Å². The van der Waals surface area contributed by atoms with Gasteiger partial charge in [0.1, 0.15) is 5.65 Å². The molecule has 1 saturated heterocycles. The van der Waals surface area contributed by atoms with Crippen molar-refractivity contribution in [3.05, 3.63) is 33.4 Å². The highest BCUT2D eigenvalue weighted by Gasteiger charge is 2.56. The fourth-order valence-corrected chi connectivity index (χ4v) is 4.67. The van der Waals surface area contributed by atoms with Crippen LogP contribution in [-0.2, 0) is 16.6 Å². The molecule has 2 aromatic heterocycles. The van der Waals surface area contributed by atoms with E-state index in [2.05, 4.69) is 20.9 Å². The van der Waals surface area contributed by atoms with E-state index in [-0.39, 0.29) is 46.3 Å². The summed E-state index contributed by atoms with van der Waals surface area (Å²) in [6, 6.07) is 0.461. The van der Waals surface area contributed by atoms with Crippen molar-refractivity contribution in [3.63, 3.8) is 0 Å². The molecule has 4 unspecified atom stereocenters. The topological polar surface area (TPSA) is 108 Å². The molecule has 0 spiro atoms. The highest BCUT2D eigenvalue weighted by Crippen LogP contribution is 2.47. The van der Waals surface area contributed by atoms with E-state index in [9.17, 15) is 18.8 Å². The average molecular weight is 549 g/mol. The number of hydrogen-bond donors (Lipinski definition) is 3. The van der Waals surface area contributed by atoms with Crippen molar-refractivity contribution in [1.82, 2.24) is 25.5 Å². The van der Waals surface area contributed by atoms with Gasteiger partial charge in [0.2, 0.25) is 11.8 Å². The van der Waals surface area contributed by atoms with Gasteiger partial charge in [0.05, 0.1) is 17.5 Å². The van der Waals surface area contributed by atoms with E-state index in [4.69, 9.17) is 0 Å². The van der Waals surface area contributed by atoms with Crippen LogP contribution in [0.15, 0.2) is 10.9 Å². The van der Waals surface area contributed by atoms with E-state index >= 15 is 0 Å². The number of carbonyl (C=O) groups is 2. The second-order valence-corrected chi connectivity index (χ2v) is 9.27. The number of amides is 2. The molecule has 0 bridgehead atoms. The monoisotopic (exact) mass is 548 g/mol. The number of carbonyl (C=O) groups excluding carboxylic acids is 2. The van der Waals surface area contributed by atoms with E-state index in [0.717, 1.165) is 5.69 Å². The number of anilines is 1. The van der Waals surface area contributed by atoms with Crippen LogP contribution in [0.2, 0.25) is 0 Å². The molecule has 10 heteroatoms. The second kappa shape index (κ2) is 15.1. The summed E-state index contributed by atoms with van der Waals surface area (Å²) in [5.41, 5.74) is 1.68. The third-order valence-electron chi connectivity index (χ3n) is 7.29. The number of aryl methyl sites for hydroxylation is 1. The summed E-state index contributed by atoms with van der Waals surface area (Å²) in [4.78, 5) is 43.2. The van der Waals surface area contributed by atoms with Crippen LogP contribution in [-0.4, -0.2) is 59.6 Å². The Morgan fingerprint density at radius 3 is 2.03 bits per heavy atom. The van der Waals surface area contributed by atoms with Gasteiger partial charge in [0.15, 0.2) is 17.1 Å². The number of fused-ring (bicyclic) bond motifs is 2. The highest BCUT2D eigenvalue weighted by atomic mass is 19.1. The van der Waals surface area contributed by atoms with Gasteiger partial charge in [-0.15, -0.1) is 0 Å². The summed E-state index contributed by atoms with van der Waals surface area (Å²) >= 11 is 0. The fraction of sp³-hybridized carbons (Fsp3) is 0.655. The standard InChI is InChI=1S/C23H31FN6O3.3C2H6/c1-10-13(4)29(6)20-14(19(10)31)7-17(24)21(27-20)30-8-15-16(9-30)18(15)26-12(3)23(33)28-22(32)11(2)25-5;3*1-2/h7,11-12,15-16,18,25-26H,8-9H2,1-6H3,(H,28,32,33);3*1-2H3. The number of rotatable bonds is 6. The Morgan fingerprint density at radius 2 is 1.51 bits per heavy atom. The molecule has 220 valence electrons. The first-order valence-corrected chi connectivity index (χ1v) is 14.2. The first-order chi connectivity index (χ1) is 18.5. The van der Waals surface area contributed by atoms with E-state index in [0.29, 0.717) is 24.3 Å². The van der Waals surface area contributed by atoms with E-state index < -0.39 is 17.9 Å². The van der Waals surface area contributed by atoms with Gasteiger partial charge in [-0.25, -0.2) is 9.37 Å². The first-order valence-electron chi connectivity index (χ1n) is 14.2. The molecule has 4 rings (SSSR count). The second-order valence-electron chi connectivity index (χ2n) is 9.27. The minimum absolute atomic E-state index is 0.136. The number of pyridine rings is 2. The third-order valence-corrected chi connectivity index (χ3v) is 7.29. The van der Waals surface area contributed by atoms with Crippen LogP contribution in [0.1, 0.15) is 66.6 Å². The van der Waals surface area contributed by atoms with Crippen LogP contribution in [0.4, 0.5) is 10.2 Å². The Balaban J connectivity index is 0.00000119. The van der Waals surface area contributed by atoms with Gasteiger partial charge in [-0.3, -0.25) is 19.7 Å². The van der Waals surface area contributed by atoms with E-state index in [1.165, 1.54) is 6.07 Å². The normalized spacial score (nSPS) is 20.2. The summed E-state index contributed by atoms with van der Waals surface area (Å²) < 4.78 is 16.8. The molecule has 1 aliphatic heterocycles. The molecule has 0 radical (unpaired) electrons. The summed E-state index contributed by atoms with van der Waals surface area (Å²) in [7, 11) is 3.48. The SMILES string of the molecule is CC.CC.CC.CNC(C)C(=O)NC(=O)C(C)NC1C2CN(c3nc4c(cc3F)c(=O)c(C)c(C)n4C)CC21. The lowest BCUT2D eigenvalue weighted by molar-refractivity contribution is -0.132. The molecular weight excluding hydrogens is 499 g/mol. The highest BCUT2D eigenvalue weighted by molar-refractivity contribution is 5.99. The van der Waals surface area contributed by atoms with Gasteiger partial charge in [0, 0.05) is 37.4 Å². The Hall–Kier alpha value is -2.85. The molecule has 39 heavy (non-hydrogen) atoms. The molecule has 4 atom stereocenters. The number of hydrogen-bond acceptors (Lipinski definition) is 7. The maximum atomic E-state index is 14.9. The molecule has 9 nitrogen and oxygen atoms in total. The van der Waals surface area contributed by atoms with Crippen molar-refractivity contribution >= 4 is 28.7 Å². The van der Waals surface area contributed by atoms with Gasteiger partial charge in [0.25, 0.3) is 0 Å². The molecule has 3 heterocycles. The minimum atomic E-state index is -0.515. The number of imide groups is 1. The molecule has 0 aromatic carbocycles. The van der Waals surface area contributed by atoms with Crippen molar-refractivity contribution in [2.75, 3.05) is 25.0 Å². The molecular formula is C29H49FN6O3. The van der Waals surface area contributed by atoms with Gasteiger partial charge in [-0.05, 0) is 52.6 Å². The number of halogens is 1. The predicted molar refractivity (Wildman–Crippen MR) is 158 cm³/mol. The van der Waals surface area contributed by atoms with E-state index in [1.54, 1.807) is 27.8 Å². The van der Waals surface area contributed by atoms with E-state index in [1.807, 2.05) is 65.0 Å². The van der Waals surface area contributed by atoms with Gasteiger partial charge >= 0.3 is 0 Å². The van der Waals surface area contributed by atoms with Crippen molar-refractivity contribution < 1.29 is 14.0 Å². The zero-order valence-electron chi connectivity index (χ0n) is 25.8. The smallest absolute Gasteiger partial charge is 0.243 e. The molecule has 1 aliphatic carbocycles. The van der Waals surface area contributed by atoms with Crippen LogP contribution in [0.25, 0.3) is 11.0 Å². The summed E-state index contributed by atoms with van der Waals surface area (Å²) in [6.45, 7) is 20.2. The first kappa shape index (κ1) is 34.2. The number of aromatic nitrogens is 2. The number of piperidine rings is 1. The third kappa shape index (κ3) is 7.22. The molecule has 3 N–H and O–H groups in total.